The number of hydrogen-bond acceptors (Lipinski definition) is 12. The number of nitrogens with one attached hydrogen (secondary N) is 2. The van der Waals surface area contributed by atoms with Crippen LogP contribution in [0.25, 0.3) is 34.3 Å². The van der Waals surface area contributed by atoms with E-state index in [1.807, 2.05) is 13.0 Å². The average molecular weight is 808 g/mol. The third kappa shape index (κ3) is 11.0. The molecule has 0 aliphatic rings. The first-order valence-electron chi connectivity index (χ1n) is 15.9. The highest BCUT2D eigenvalue weighted by molar-refractivity contribution is 6.31. The molecule has 7 rings (SSSR count). The topological polar surface area (TPSA) is 227 Å². The van der Waals surface area contributed by atoms with Crippen molar-refractivity contribution in [2.45, 2.75) is 20.0 Å². The molecule has 16 nitrogen and oxygen atoms in total. The van der Waals surface area contributed by atoms with Crippen LogP contribution in [0.3, 0.4) is 0 Å². The lowest BCUT2D eigenvalue weighted by atomic mass is 10.2. The number of rotatable bonds is 9. The fourth-order valence-corrected chi connectivity index (χ4v) is 5.11. The minimum atomic E-state index is -0.511. The summed E-state index contributed by atoms with van der Waals surface area (Å²) in [5, 5.41) is 23.9. The van der Waals surface area contributed by atoms with E-state index in [1.165, 1.54) is 41.6 Å². The number of methoxy groups -OCH3 is 1. The van der Waals surface area contributed by atoms with Crippen molar-refractivity contribution in [3.05, 3.63) is 147 Å². The van der Waals surface area contributed by atoms with E-state index in [1.54, 1.807) is 66.6 Å². The van der Waals surface area contributed by atoms with Crippen molar-refractivity contribution in [2.24, 2.45) is 5.73 Å². The predicted octanol–water partition coefficient (Wildman–Crippen LogP) is 6.38. The van der Waals surface area contributed by atoms with Crippen LogP contribution in [0.2, 0.25) is 10.0 Å². The van der Waals surface area contributed by atoms with Crippen LogP contribution in [0, 0.1) is 17.0 Å². The van der Waals surface area contributed by atoms with Crippen molar-refractivity contribution < 1.29 is 32.2 Å². The Morgan fingerprint density at radius 3 is 1.88 bits per heavy atom. The molecule has 0 atom stereocenters. The maximum atomic E-state index is 14.3. The van der Waals surface area contributed by atoms with Crippen LogP contribution >= 0.6 is 23.2 Å². The summed E-state index contributed by atoms with van der Waals surface area (Å²) in [6.45, 7) is 2.15. The molecule has 56 heavy (non-hydrogen) atoms. The van der Waals surface area contributed by atoms with E-state index < -0.39 is 11.6 Å². The van der Waals surface area contributed by atoms with Gasteiger partial charge in [0.25, 0.3) is 5.56 Å². The van der Waals surface area contributed by atoms with E-state index in [2.05, 4.69) is 35.2 Å². The van der Waals surface area contributed by atoms with E-state index in [4.69, 9.17) is 53.0 Å². The monoisotopic (exact) mass is 806 g/mol. The first-order chi connectivity index (χ1) is 27.0. The van der Waals surface area contributed by atoms with Crippen molar-refractivity contribution in [1.29, 1.82) is 5.41 Å². The molecule has 5 heterocycles. The zero-order chi connectivity index (χ0) is 40.6. The molecular formula is C36H30Cl2F2N10O6. The van der Waals surface area contributed by atoms with Crippen molar-refractivity contribution in [1.82, 2.24) is 39.8 Å². The lowest BCUT2D eigenvalue weighted by molar-refractivity contribution is -0.191. The van der Waals surface area contributed by atoms with Gasteiger partial charge in [0.1, 0.15) is 52.8 Å². The third-order valence-electron chi connectivity index (χ3n) is 7.13. The van der Waals surface area contributed by atoms with E-state index >= 15 is 0 Å². The first-order valence-corrected chi connectivity index (χ1v) is 16.6. The molecule has 0 saturated heterocycles. The van der Waals surface area contributed by atoms with Crippen LogP contribution in [-0.4, -0.2) is 58.9 Å². The second kappa shape index (κ2) is 20.4. The number of nitrogen functional groups attached to an aromatic ring is 1. The Balaban J connectivity index is 0.000000211. The van der Waals surface area contributed by atoms with Crippen LogP contribution in [0.5, 0.6) is 0 Å². The molecule has 0 fully saturated rings. The number of H-pyrrole nitrogens is 1. The van der Waals surface area contributed by atoms with Crippen molar-refractivity contribution in [3.8, 4) is 34.3 Å². The smallest absolute Gasteiger partial charge is 0.373 e. The number of carbonyl (C=O) groups excluding carboxylic acids is 2. The summed E-state index contributed by atoms with van der Waals surface area (Å²) in [6.07, 6.45) is 7.94. The second-order valence-corrected chi connectivity index (χ2v) is 11.6. The molecule has 2 aromatic carbocycles. The summed E-state index contributed by atoms with van der Waals surface area (Å²) in [5.41, 5.74) is 8.79. The highest BCUT2D eigenvalue weighted by Gasteiger charge is 2.18. The third-order valence-corrected chi connectivity index (χ3v) is 7.71. The number of aromatic amines is 1. The lowest BCUT2D eigenvalue weighted by Crippen LogP contribution is -2.13. The van der Waals surface area contributed by atoms with Gasteiger partial charge in [-0.1, -0.05) is 63.9 Å². The van der Waals surface area contributed by atoms with Crippen LogP contribution in [0.15, 0.2) is 112 Å². The van der Waals surface area contributed by atoms with Crippen LogP contribution in [0.4, 0.5) is 8.78 Å². The Hall–Kier alpha value is -7.01. The molecular weight excluding hydrogens is 777 g/mol. The minimum absolute atomic E-state index is 0.0342. The molecule has 0 aliphatic heterocycles. The summed E-state index contributed by atoms with van der Waals surface area (Å²) < 4.78 is 45.6. The molecule has 7 aromatic rings. The van der Waals surface area contributed by atoms with Crippen molar-refractivity contribution in [2.75, 3.05) is 7.11 Å². The fourth-order valence-electron chi connectivity index (χ4n) is 4.72. The lowest BCUT2D eigenvalue weighted by Gasteiger charge is -2.07. The van der Waals surface area contributed by atoms with E-state index in [9.17, 15) is 13.6 Å². The Kier molecular flexibility index (Phi) is 15.2. The molecule has 0 amide bonds. The van der Waals surface area contributed by atoms with E-state index in [0.29, 0.717) is 45.4 Å². The number of amidine groups is 1. The second-order valence-electron chi connectivity index (χ2n) is 10.8. The number of halogens is 4. The fraction of sp³-hybridized carbons (Fsp3) is 0.111. The van der Waals surface area contributed by atoms with E-state index in [-0.39, 0.29) is 46.4 Å². The quantitative estimate of drug-likeness (QED) is 0.0821. The summed E-state index contributed by atoms with van der Waals surface area (Å²) in [6, 6.07) is 17.4. The number of benzene rings is 2. The minimum Gasteiger partial charge on any atom is -0.505 e. The van der Waals surface area contributed by atoms with Gasteiger partial charge in [0, 0.05) is 35.5 Å². The van der Waals surface area contributed by atoms with Crippen LogP contribution in [-0.2, 0) is 27.4 Å². The Labute approximate surface area is 325 Å². The van der Waals surface area contributed by atoms with Gasteiger partial charge in [0.05, 0.1) is 47.9 Å². The SMILES string of the molecule is CC=COC.N=C(N)c1cc(-c2ccon2)n(Cc2cccc(Cl)c2F)n1.O=C=O.O=c1ccnc(-c2cc(-c3ccon3)n(Cc3cccc(Cl)c3F)n2)[nH]1. The molecule has 4 N–H and O–H groups in total. The number of ether oxygens (including phenoxy) is 1. The predicted molar refractivity (Wildman–Crippen MR) is 198 cm³/mol. The molecule has 0 unspecified atom stereocenters. The first kappa shape index (κ1) is 41.7. The molecule has 0 bridgehead atoms. The number of aromatic nitrogens is 8. The van der Waals surface area contributed by atoms with Crippen molar-refractivity contribution >= 4 is 35.2 Å². The van der Waals surface area contributed by atoms with Gasteiger partial charge in [0.2, 0.25) is 0 Å². The summed E-state index contributed by atoms with van der Waals surface area (Å²) >= 11 is 11.6. The normalized spacial score (nSPS) is 10.3. The zero-order valence-electron chi connectivity index (χ0n) is 29.3. The molecule has 288 valence electrons. The summed E-state index contributed by atoms with van der Waals surface area (Å²) in [7, 11) is 1.62. The van der Waals surface area contributed by atoms with Crippen LogP contribution in [0.1, 0.15) is 23.7 Å². The number of hydrogen-bond donors (Lipinski definition) is 3. The van der Waals surface area contributed by atoms with Crippen molar-refractivity contribution in [3.63, 3.8) is 0 Å². The molecule has 0 radical (unpaired) electrons. The Bertz CT molecular complexity index is 2480. The largest absolute Gasteiger partial charge is 0.505 e. The Morgan fingerprint density at radius 2 is 1.43 bits per heavy atom. The summed E-state index contributed by atoms with van der Waals surface area (Å²) in [5.74, 6) is -0.902. The maximum Gasteiger partial charge on any atom is 0.373 e. The van der Waals surface area contributed by atoms with E-state index in [0.717, 1.165) is 0 Å². The highest BCUT2D eigenvalue weighted by Crippen LogP contribution is 2.26. The van der Waals surface area contributed by atoms with Crippen LogP contribution < -0.4 is 11.3 Å². The molecule has 5 aromatic heterocycles. The molecule has 0 aliphatic carbocycles. The van der Waals surface area contributed by atoms with Gasteiger partial charge in [-0.05, 0) is 31.2 Å². The van der Waals surface area contributed by atoms with Gasteiger partial charge in [-0.15, -0.1) is 0 Å². The van der Waals surface area contributed by atoms with Gasteiger partial charge < -0.3 is 24.5 Å². The number of nitrogens with two attached hydrogens (primary N) is 1. The number of nitrogens with zero attached hydrogens (tertiary/aromatic N) is 7. The average Bonchev–Trinajstić information content (AvgIpc) is 4.01. The van der Waals surface area contributed by atoms with Gasteiger partial charge >= 0.3 is 6.15 Å². The van der Waals surface area contributed by atoms with Gasteiger partial charge in [-0.2, -0.15) is 19.8 Å². The standard InChI is InChI=1S/C17H11ClFN5O2.C14H11ClFN5O.C4H8O.CO2/c18-11-3-1-2-10(16(11)19)9-24-14(12-5-7-26-23-12)8-13(22-24)17-20-6-4-15(25)21-17;15-9-3-1-2-8(13(9)16)7-21-12(10-4-5-22-20-10)6-11(19-21)14(17)18;1-3-4-5-2;2-1-3/h1-8H,9H2,(H,20,21,25);1-6H,7H2,(H3,17,18);3-4H,1-2H3;. The van der Waals surface area contributed by atoms with Gasteiger partial charge in [-0.3, -0.25) is 19.6 Å². The Morgan fingerprint density at radius 1 is 0.893 bits per heavy atom. The maximum absolute atomic E-state index is 14.3. The van der Waals surface area contributed by atoms with Gasteiger partial charge in [0.15, 0.2) is 5.82 Å². The molecule has 0 spiro atoms. The van der Waals surface area contributed by atoms with Gasteiger partial charge in [-0.25, -0.2) is 13.8 Å². The molecule has 20 heteroatoms. The molecule has 0 saturated carbocycles. The zero-order valence-corrected chi connectivity index (χ0v) is 30.8. The highest BCUT2D eigenvalue weighted by atomic mass is 35.5. The summed E-state index contributed by atoms with van der Waals surface area (Å²) in [4.78, 5) is 34.5. The number of allylic oxidation sites excluding steroid dienone is 1.